The number of benzene rings is 3. The zero-order valence-electron chi connectivity index (χ0n) is 46.8. The molecule has 4 aliphatic heterocycles. The summed E-state index contributed by atoms with van der Waals surface area (Å²) in [5.74, 6) is -0.187. The molecule has 6 amide bonds. The molecule has 1 aromatic heterocycles. The lowest BCUT2D eigenvalue weighted by Crippen LogP contribution is -2.57. The summed E-state index contributed by atoms with van der Waals surface area (Å²) in [6.07, 6.45) is 7.85. The van der Waals surface area contributed by atoms with Gasteiger partial charge < -0.3 is 45.8 Å². The molecule has 1 unspecified atom stereocenters. The number of amides is 6. The Hall–Kier alpha value is -7.71. The summed E-state index contributed by atoms with van der Waals surface area (Å²) in [7, 11) is 1.60. The number of ether oxygens (including phenoxy) is 1. The fourth-order valence-corrected chi connectivity index (χ4v) is 11.3. The standard InChI is InChI=1S/C60H75N11O8S/c1-8-50(73)64-42-16-15-17-44(31-42)71-53(76)30-38(2)46-35-62-59(67-56(46)71)65-47-25-24-43(32-49(47)79-7)68-26-28-69(29-27-68)52(75)19-14-12-10-9-11-13-18-51(74)66-55(60(4,5)6)58(78)70-36-45(72)33-48(70)57(77)61-34-40-20-22-41(23-21-40)54-39(3)63-37-80-54/h8,15-17,20-25,30-32,37,45-46,48,55,72H,1,9-14,18-19,26-29,33-36H2,2-7H3,(H,61,77)(H,62,65)(H,64,73)(H,66,74)/t45-,46?,48+,55-/m1/s1. The second-order valence-electron chi connectivity index (χ2n) is 21.9. The van der Waals surface area contributed by atoms with Crippen LogP contribution in [0.1, 0.15) is 96.7 Å². The molecule has 0 bridgehead atoms. The molecule has 2 saturated heterocycles. The molecule has 2 fully saturated rings. The first-order chi connectivity index (χ1) is 38.4. The van der Waals surface area contributed by atoms with Gasteiger partial charge in [-0.05, 0) is 79.6 Å². The van der Waals surface area contributed by atoms with Crippen molar-refractivity contribution in [3.63, 3.8) is 0 Å². The van der Waals surface area contributed by atoms with Crippen LogP contribution in [0.4, 0.5) is 22.7 Å². The second-order valence-corrected chi connectivity index (χ2v) is 22.8. The van der Waals surface area contributed by atoms with Crippen molar-refractivity contribution in [2.75, 3.05) is 66.8 Å². The van der Waals surface area contributed by atoms with Crippen molar-refractivity contribution >= 4 is 81.3 Å². The van der Waals surface area contributed by atoms with Crippen LogP contribution in [0.5, 0.6) is 5.75 Å². The Bertz CT molecular complexity index is 3030. The van der Waals surface area contributed by atoms with Gasteiger partial charge in [-0.25, -0.2) is 9.98 Å². The summed E-state index contributed by atoms with van der Waals surface area (Å²) >= 11 is 1.58. The Morgan fingerprint density at radius 2 is 1.64 bits per heavy atom. The van der Waals surface area contributed by atoms with E-state index in [4.69, 9.17) is 14.7 Å². The van der Waals surface area contributed by atoms with Gasteiger partial charge in [0.05, 0.1) is 53.1 Å². The summed E-state index contributed by atoms with van der Waals surface area (Å²) in [6, 6.07) is 19.0. The highest BCUT2D eigenvalue weighted by Gasteiger charge is 2.44. The van der Waals surface area contributed by atoms with Crippen LogP contribution >= 0.6 is 11.3 Å². The number of fused-ring (bicyclic) bond motifs is 1. The minimum Gasteiger partial charge on any atom is -0.494 e. The molecule has 3 aromatic carbocycles. The number of anilines is 4. The van der Waals surface area contributed by atoms with E-state index in [-0.39, 0.29) is 67.3 Å². The molecule has 0 saturated carbocycles. The number of thiazole rings is 1. The van der Waals surface area contributed by atoms with Crippen LogP contribution in [0.2, 0.25) is 0 Å². The Balaban J connectivity index is 0.730. The highest BCUT2D eigenvalue weighted by atomic mass is 32.1. The molecule has 80 heavy (non-hydrogen) atoms. The number of carbonyl (C=O) groups is 6. The number of β-amino-alcohol motifs (C(OH)–C–C–N with tert-alkyl or cyclic N) is 1. The summed E-state index contributed by atoms with van der Waals surface area (Å²) < 4.78 is 5.82. The molecule has 20 heteroatoms. The average Bonchev–Trinajstić information content (AvgIpc) is 4.09. The van der Waals surface area contributed by atoms with Gasteiger partial charge in [0.1, 0.15) is 23.7 Å². The van der Waals surface area contributed by atoms with Crippen molar-refractivity contribution in [3.05, 3.63) is 108 Å². The number of aliphatic hydroxyl groups is 1. The van der Waals surface area contributed by atoms with E-state index < -0.39 is 23.6 Å². The number of piperazine rings is 1. The largest absolute Gasteiger partial charge is 0.494 e. The molecule has 0 spiro atoms. The number of unbranched alkanes of at least 4 members (excludes halogenated alkanes) is 5. The number of aliphatic imine (C=N–C) groups is 2. The first-order valence-corrected chi connectivity index (χ1v) is 28.5. The summed E-state index contributed by atoms with van der Waals surface area (Å²) in [5, 5.41) is 22.6. The van der Waals surface area contributed by atoms with Crippen molar-refractivity contribution in [2.24, 2.45) is 21.3 Å². The minimum absolute atomic E-state index is 0.0124. The first-order valence-electron chi connectivity index (χ1n) is 27.6. The molecule has 0 aliphatic carbocycles. The van der Waals surface area contributed by atoms with E-state index in [1.165, 1.54) is 11.0 Å². The lowest BCUT2D eigenvalue weighted by Gasteiger charge is -2.36. The number of aromatic nitrogens is 1. The van der Waals surface area contributed by atoms with Crippen molar-refractivity contribution in [1.82, 2.24) is 25.4 Å². The molecule has 19 nitrogen and oxygen atoms in total. The number of amidine groups is 1. The molecule has 4 aromatic rings. The summed E-state index contributed by atoms with van der Waals surface area (Å²) in [6.45, 7) is 16.2. The number of carbonyl (C=O) groups excluding carboxylic acids is 6. The lowest BCUT2D eigenvalue weighted by molar-refractivity contribution is -0.144. The van der Waals surface area contributed by atoms with E-state index in [0.717, 1.165) is 65.1 Å². The van der Waals surface area contributed by atoms with Crippen LogP contribution in [0.25, 0.3) is 10.4 Å². The topological polar surface area (TPSA) is 231 Å². The maximum absolute atomic E-state index is 14.1. The highest BCUT2D eigenvalue weighted by Crippen LogP contribution is 2.35. The highest BCUT2D eigenvalue weighted by molar-refractivity contribution is 7.13. The Morgan fingerprint density at radius 3 is 2.33 bits per heavy atom. The van der Waals surface area contributed by atoms with Gasteiger partial charge in [0.15, 0.2) is 0 Å². The van der Waals surface area contributed by atoms with Crippen LogP contribution in [0.15, 0.2) is 107 Å². The van der Waals surface area contributed by atoms with Crippen LogP contribution in [-0.2, 0) is 35.3 Å². The van der Waals surface area contributed by atoms with Gasteiger partial charge in [0.25, 0.3) is 5.91 Å². The molecule has 5 N–H and O–H groups in total. The van der Waals surface area contributed by atoms with Crippen LogP contribution in [0, 0.1) is 18.3 Å². The summed E-state index contributed by atoms with van der Waals surface area (Å²) in [5.41, 5.74) is 7.64. The number of guanidine groups is 1. The van der Waals surface area contributed by atoms with Gasteiger partial charge in [0.2, 0.25) is 35.5 Å². The van der Waals surface area contributed by atoms with E-state index in [1.807, 2.05) is 87.5 Å². The summed E-state index contributed by atoms with van der Waals surface area (Å²) in [4.78, 5) is 102. The molecule has 0 radical (unpaired) electrons. The van der Waals surface area contributed by atoms with Crippen molar-refractivity contribution in [1.29, 1.82) is 0 Å². The Labute approximate surface area is 472 Å². The first kappa shape index (κ1) is 58.4. The van der Waals surface area contributed by atoms with Crippen LogP contribution < -0.4 is 35.8 Å². The number of nitrogens with zero attached hydrogens (tertiary/aromatic N) is 7. The Kier molecular flexibility index (Phi) is 19.4. The van der Waals surface area contributed by atoms with Gasteiger partial charge in [-0.1, -0.05) is 88.9 Å². The molecule has 424 valence electrons. The minimum atomic E-state index is -0.882. The Morgan fingerprint density at radius 1 is 0.912 bits per heavy atom. The van der Waals surface area contributed by atoms with Crippen molar-refractivity contribution in [3.8, 4) is 16.2 Å². The maximum Gasteiger partial charge on any atom is 0.256 e. The maximum atomic E-state index is 14.1. The molecule has 5 heterocycles. The fourth-order valence-electron chi connectivity index (χ4n) is 10.5. The number of aryl methyl sites for hydroxylation is 1. The number of aliphatic hydroxyl groups excluding tert-OH is 1. The van der Waals surface area contributed by atoms with Crippen molar-refractivity contribution in [2.45, 2.75) is 117 Å². The predicted octanol–water partition coefficient (Wildman–Crippen LogP) is 7.62. The van der Waals surface area contributed by atoms with E-state index in [9.17, 15) is 33.9 Å². The zero-order chi connectivity index (χ0) is 57.1. The van der Waals surface area contributed by atoms with Crippen LogP contribution in [0.3, 0.4) is 0 Å². The number of rotatable bonds is 21. The zero-order valence-corrected chi connectivity index (χ0v) is 47.6. The van der Waals surface area contributed by atoms with Gasteiger partial charge in [-0.3, -0.25) is 33.7 Å². The van der Waals surface area contributed by atoms with Crippen LogP contribution in [-0.4, -0.2) is 132 Å². The smallest absolute Gasteiger partial charge is 0.256 e. The van der Waals surface area contributed by atoms with Gasteiger partial charge in [-0.15, -0.1) is 11.3 Å². The number of methoxy groups -OCH3 is 1. The van der Waals surface area contributed by atoms with E-state index >= 15 is 0 Å². The van der Waals surface area contributed by atoms with E-state index in [2.05, 4.69) is 37.7 Å². The number of hydrogen-bond donors (Lipinski definition) is 5. The lowest BCUT2D eigenvalue weighted by atomic mass is 9.85. The van der Waals surface area contributed by atoms with Gasteiger partial charge in [-0.2, -0.15) is 4.99 Å². The predicted molar refractivity (Wildman–Crippen MR) is 314 cm³/mol. The number of nitrogens with one attached hydrogen (secondary N) is 4. The fraction of sp³-hybridized carbons (Fsp3) is 0.450. The molecule has 8 rings (SSSR count). The van der Waals surface area contributed by atoms with E-state index in [1.54, 1.807) is 53.7 Å². The van der Waals surface area contributed by atoms with Gasteiger partial charge in [0, 0.05) is 82.0 Å². The second kappa shape index (κ2) is 26.5. The SMILES string of the molecule is C=CC(=O)Nc1cccc(N2C(=O)C=C(C)C3CN=C(Nc4ccc(N5CCN(C(=O)CCCCCCCCC(=O)N[C@H](C(=O)N6C[C@H](O)C[C@H]6C(=O)NCc6ccc(-c7scnc7C)cc6)C(C)(C)C)CC5)cc4OC)N=C32)c1. The number of likely N-dealkylation sites (tertiary alicyclic amines) is 1. The average molecular weight is 1110 g/mol. The van der Waals surface area contributed by atoms with Gasteiger partial charge >= 0.3 is 0 Å². The quantitative estimate of drug-likeness (QED) is 0.0403. The molecular weight excluding hydrogens is 1030 g/mol. The van der Waals surface area contributed by atoms with E-state index in [0.29, 0.717) is 80.2 Å². The molecule has 4 aliphatic rings. The third kappa shape index (κ3) is 14.6. The normalized spacial score (nSPS) is 18.6. The monoisotopic (exact) mass is 1110 g/mol. The molecular formula is C60H75N11O8S. The van der Waals surface area contributed by atoms with Crippen molar-refractivity contribution < 1.29 is 38.6 Å². The number of hydrogen-bond acceptors (Lipinski definition) is 14. The third-order valence-corrected chi connectivity index (χ3v) is 16.0. The third-order valence-electron chi connectivity index (χ3n) is 15.0. The molecule has 4 atom stereocenters.